The first-order valence-corrected chi connectivity index (χ1v) is 5.57. The van der Waals surface area contributed by atoms with Crippen molar-refractivity contribution >= 4 is 11.7 Å². The van der Waals surface area contributed by atoms with Crippen LogP contribution in [0.25, 0.3) is 0 Å². The van der Waals surface area contributed by atoms with E-state index in [0.29, 0.717) is 5.56 Å². The van der Waals surface area contributed by atoms with Gasteiger partial charge in [0.2, 0.25) is 0 Å². The van der Waals surface area contributed by atoms with Gasteiger partial charge in [-0.3, -0.25) is 0 Å². The van der Waals surface area contributed by atoms with Crippen LogP contribution in [0.4, 0.5) is 10.1 Å². The molecule has 0 radical (unpaired) electrons. The lowest BCUT2D eigenvalue weighted by molar-refractivity contribution is 0.0693. The van der Waals surface area contributed by atoms with Gasteiger partial charge >= 0.3 is 5.97 Å². The number of benzene rings is 2. The number of hydrogen-bond donors (Lipinski definition) is 2. The molecule has 19 heavy (non-hydrogen) atoms. The predicted molar refractivity (Wildman–Crippen MR) is 68.5 cm³/mol. The third-order valence-corrected chi connectivity index (χ3v) is 2.56. The number of anilines is 1. The molecule has 0 aliphatic rings. The fourth-order valence-corrected chi connectivity index (χ4v) is 1.69. The quantitative estimate of drug-likeness (QED) is 0.830. The van der Waals surface area contributed by atoms with Crippen LogP contribution in [0, 0.1) is 5.82 Å². The minimum Gasteiger partial charge on any atom is -0.488 e. The summed E-state index contributed by atoms with van der Waals surface area (Å²) >= 11 is 0. The van der Waals surface area contributed by atoms with Gasteiger partial charge in [-0.1, -0.05) is 18.2 Å². The number of rotatable bonds is 4. The van der Waals surface area contributed by atoms with Gasteiger partial charge in [-0.25, -0.2) is 9.18 Å². The summed E-state index contributed by atoms with van der Waals surface area (Å²) < 4.78 is 18.4. The molecule has 0 saturated heterocycles. The van der Waals surface area contributed by atoms with Crippen molar-refractivity contribution in [1.82, 2.24) is 0 Å². The average molecular weight is 261 g/mol. The molecule has 0 aliphatic carbocycles. The Kier molecular flexibility index (Phi) is 3.66. The Morgan fingerprint density at radius 2 is 2.00 bits per heavy atom. The van der Waals surface area contributed by atoms with Crippen LogP contribution in [0.15, 0.2) is 42.5 Å². The topological polar surface area (TPSA) is 72.5 Å². The summed E-state index contributed by atoms with van der Waals surface area (Å²) in [5.41, 5.74) is 6.25. The number of nitrogens with two attached hydrogens (primary N) is 1. The minimum absolute atomic E-state index is 0.0709. The monoisotopic (exact) mass is 261 g/mol. The average Bonchev–Trinajstić information content (AvgIpc) is 2.36. The van der Waals surface area contributed by atoms with Gasteiger partial charge in [-0.05, 0) is 29.8 Å². The largest absolute Gasteiger partial charge is 0.488 e. The fraction of sp³-hybridized carbons (Fsp3) is 0.0714. The van der Waals surface area contributed by atoms with E-state index in [4.69, 9.17) is 15.6 Å². The lowest BCUT2D eigenvalue weighted by Crippen LogP contribution is -2.07. The first kappa shape index (κ1) is 12.9. The maximum atomic E-state index is 13.0. The SMILES string of the molecule is Nc1cccc(OCc2cccc(F)c2)c1C(=O)O. The van der Waals surface area contributed by atoms with Crippen LogP contribution in [0.5, 0.6) is 5.75 Å². The molecular weight excluding hydrogens is 249 g/mol. The van der Waals surface area contributed by atoms with E-state index in [9.17, 15) is 9.18 Å². The first-order chi connectivity index (χ1) is 9.08. The Hall–Kier alpha value is -2.56. The maximum Gasteiger partial charge on any atom is 0.341 e. The molecule has 0 unspecified atom stereocenters. The Bertz CT molecular complexity index is 613. The number of ether oxygens (including phenoxy) is 1. The molecule has 0 heterocycles. The van der Waals surface area contributed by atoms with Gasteiger partial charge in [0, 0.05) is 5.69 Å². The van der Waals surface area contributed by atoms with E-state index in [1.54, 1.807) is 18.2 Å². The Morgan fingerprint density at radius 3 is 2.68 bits per heavy atom. The van der Waals surface area contributed by atoms with Crippen LogP contribution in [0.3, 0.4) is 0 Å². The molecule has 2 rings (SSSR count). The van der Waals surface area contributed by atoms with Crippen LogP contribution in [0.1, 0.15) is 15.9 Å². The molecule has 3 N–H and O–H groups in total. The molecule has 0 bridgehead atoms. The third-order valence-electron chi connectivity index (χ3n) is 2.56. The summed E-state index contributed by atoms with van der Waals surface area (Å²) in [6, 6.07) is 10.5. The second kappa shape index (κ2) is 5.39. The number of hydrogen-bond acceptors (Lipinski definition) is 3. The number of halogens is 1. The van der Waals surface area contributed by atoms with E-state index in [0.717, 1.165) is 0 Å². The van der Waals surface area contributed by atoms with Crippen molar-refractivity contribution in [3.8, 4) is 5.75 Å². The zero-order valence-electron chi connectivity index (χ0n) is 9.97. The zero-order valence-corrected chi connectivity index (χ0v) is 9.97. The summed E-state index contributed by atoms with van der Waals surface area (Å²) in [5, 5.41) is 9.07. The highest BCUT2D eigenvalue weighted by atomic mass is 19.1. The van der Waals surface area contributed by atoms with E-state index >= 15 is 0 Å². The molecule has 0 fully saturated rings. The summed E-state index contributed by atoms with van der Waals surface area (Å²) in [5.74, 6) is -1.36. The molecule has 0 saturated carbocycles. The highest BCUT2D eigenvalue weighted by Crippen LogP contribution is 2.25. The van der Waals surface area contributed by atoms with E-state index < -0.39 is 5.97 Å². The standard InChI is InChI=1S/C14H12FNO3/c15-10-4-1-3-9(7-10)8-19-12-6-2-5-11(16)13(12)14(17)18/h1-7H,8,16H2,(H,17,18). The number of carboxylic acid groups (broad SMARTS) is 1. The number of nitrogen functional groups attached to an aromatic ring is 1. The Morgan fingerprint density at radius 1 is 1.26 bits per heavy atom. The molecule has 4 nitrogen and oxygen atoms in total. The second-order valence-electron chi connectivity index (χ2n) is 3.94. The van der Waals surface area contributed by atoms with E-state index in [1.165, 1.54) is 24.3 Å². The molecule has 5 heteroatoms. The zero-order chi connectivity index (χ0) is 13.8. The van der Waals surface area contributed by atoms with E-state index in [2.05, 4.69) is 0 Å². The highest BCUT2D eigenvalue weighted by Gasteiger charge is 2.14. The van der Waals surface area contributed by atoms with Crippen molar-refractivity contribution in [3.05, 3.63) is 59.4 Å². The predicted octanol–water partition coefficient (Wildman–Crippen LogP) is 2.69. The molecular formula is C14H12FNO3. The van der Waals surface area contributed by atoms with Gasteiger partial charge in [0.15, 0.2) is 0 Å². The van der Waals surface area contributed by atoms with Crippen molar-refractivity contribution in [1.29, 1.82) is 0 Å². The van der Waals surface area contributed by atoms with Gasteiger partial charge < -0.3 is 15.6 Å². The van der Waals surface area contributed by atoms with Crippen LogP contribution < -0.4 is 10.5 Å². The summed E-state index contributed by atoms with van der Waals surface area (Å²) in [6.07, 6.45) is 0. The van der Waals surface area contributed by atoms with Crippen LogP contribution in [-0.4, -0.2) is 11.1 Å². The van der Waals surface area contributed by atoms with Crippen molar-refractivity contribution in [2.24, 2.45) is 0 Å². The number of aromatic carboxylic acids is 1. The van der Waals surface area contributed by atoms with Gasteiger partial charge in [0.1, 0.15) is 23.7 Å². The molecule has 2 aromatic rings. The normalized spacial score (nSPS) is 10.2. The summed E-state index contributed by atoms with van der Waals surface area (Å²) in [7, 11) is 0. The molecule has 0 amide bonds. The van der Waals surface area contributed by atoms with Crippen LogP contribution in [-0.2, 0) is 6.61 Å². The van der Waals surface area contributed by atoms with Crippen molar-refractivity contribution in [2.75, 3.05) is 5.73 Å². The van der Waals surface area contributed by atoms with Crippen molar-refractivity contribution in [2.45, 2.75) is 6.61 Å². The minimum atomic E-state index is -1.16. The second-order valence-corrected chi connectivity index (χ2v) is 3.94. The summed E-state index contributed by atoms with van der Waals surface area (Å²) in [6.45, 7) is 0.0709. The van der Waals surface area contributed by atoms with Gasteiger partial charge in [0.05, 0.1) is 0 Å². The Labute approximate surface area is 109 Å². The summed E-state index contributed by atoms with van der Waals surface area (Å²) in [4.78, 5) is 11.1. The number of carbonyl (C=O) groups is 1. The van der Waals surface area contributed by atoms with Gasteiger partial charge in [-0.15, -0.1) is 0 Å². The van der Waals surface area contributed by atoms with E-state index in [1.807, 2.05) is 0 Å². The fourth-order valence-electron chi connectivity index (χ4n) is 1.69. The molecule has 98 valence electrons. The van der Waals surface area contributed by atoms with Gasteiger partial charge in [0.25, 0.3) is 0 Å². The molecule has 0 spiro atoms. The first-order valence-electron chi connectivity index (χ1n) is 5.57. The van der Waals surface area contributed by atoms with Crippen LogP contribution >= 0.6 is 0 Å². The highest BCUT2D eigenvalue weighted by molar-refractivity contribution is 5.96. The molecule has 2 aromatic carbocycles. The number of carboxylic acids is 1. The van der Waals surface area contributed by atoms with Crippen molar-refractivity contribution in [3.63, 3.8) is 0 Å². The molecule has 0 aliphatic heterocycles. The van der Waals surface area contributed by atoms with Crippen LogP contribution in [0.2, 0.25) is 0 Å². The third kappa shape index (κ3) is 3.01. The van der Waals surface area contributed by atoms with E-state index in [-0.39, 0.29) is 29.4 Å². The lowest BCUT2D eigenvalue weighted by Gasteiger charge is -2.10. The Balaban J connectivity index is 2.20. The van der Waals surface area contributed by atoms with Gasteiger partial charge in [-0.2, -0.15) is 0 Å². The lowest BCUT2D eigenvalue weighted by atomic mass is 10.1. The molecule has 0 aromatic heterocycles. The smallest absolute Gasteiger partial charge is 0.341 e. The maximum absolute atomic E-state index is 13.0. The van der Waals surface area contributed by atoms with Crippen molar-refractivity contribution < 1.29 is 19.0 Å². The molecule has 0 atom stereocenters.